The zero-order chi connectivity index (χ0) is 21.1. The lowest BCUT2D eigenvalue weighted by Gasteiger charge is -2.10. The summed E-state index contributed by atoms with van der Waals surface area (Å²) in [7, 11) is 0. The van der Waals surface area contributed by atoms with Gasteiger partial charge in [-0.1, -0.05) is 47.7 Å². The van der Waals surface area contributed by atoms with Crippen molar-refractivity contribution in [3.8, 4) is 11.4 Å². The van der Waals surface area contributed by atoms with Crippen LogP contribution in [0.2, 0.25) is 0 Å². The van der Waals surface area contributed by atoms with Crippen molar-refractivity contribution in [1.82, 2.24) is 30.0 Å². The van der Waals surface area contributed by atoms with Gasteiger partial charge in [-0.15, -0.1) is 5.10 Å². The molecule has 4 aromatic rings. The number of aromatic nitrogens is 6. The van der Waals surface area contributed by atoms with Crippen molar-refractivity contribution in [3.63, 3.8) is 0 Å². The molecule has 0 bridgehead atoms. The number of anilines is 1. The van der Waals surface area contributed by atoms with Crippen LogP contribution in [0.25, 0.3) is 11.4 Å². The number of rotatable bonds is 6. The lowest BCUT2D eigenvalue weighted by molar-refractivity contribution is -0.113. The first kappa shape index (κ1) is 19.8. The minimum Gasteiger partial charge on any atom is -0.310 e. The fourth-order valence-electron chi connectivity index (χ4n) is 3.13. The Balaban J connectivity index is 1.47. The number of carbonyl (C=O) groups is 1. The minimum atomic E-state index is -0.160. The van der Waals surface area contributed by atoms with Crippen molar-refractivity contribution in [2.75, 3.05) is 11.1 Å². The van der Waals surface area contributed by atoms with E-state index < -0.39 is 0 Å². The first-order valence-electron chi connectivity index (χ1n) is 9.42. The number of carbonyl (C=O) groups excluding carboxylic acids is 1. The van der Waals surface area contributed by atoms with E-state index >= 15 is 0 Å². The summed E-state index contributed by atoms with van der Waals surface area (Å²) < 4.78 is 3.38. The highest BCUT2D eigenvalue weighted by Crippen LogP contribution is 2.22. The van der Waals surface area contributed by atoms with Gasteiger partial charge in [0.15, 0.2) is 0 Å². The van der Waals surface area contributed by atoms with E-state index in [1.165, 1.54) is 17.3 Å². The Morgan fingerprint density at radius 2 is 1.83 bits per heavy atom. The van der Waals surface area contributed by atoms with Gasteiger partial charge in [0, 0.05) is 6.07 Å². The van der Waals surface area contributed by atoms with Crippen LogP contribution in [0.5, 0.6) is 0 Å². The van der Waals surface area contributed by atoms with Gasteiger partial charge in [0.1, 0.15) is 5.82 Å². The molecule has 0 unspecified atom stereocenters. The van der Waals surface area contributed by atoms with Crippen molar-refractivity contribution in [1.29, 1.82) is 0 Å². The molecule has 2 heterocycles. The molecule has 0 aliphatic rings. The number of nitrogens with one attached hydrogen (secondary N) is 1. The first-order valence-corrected chi connectivity index (χ1v) is 10.4. The normalized spacial score (nSPS) is 10.9. The first-order chi connectivity index (χ1) is 14.5. The average Bonchev–Trinajstić information content (AvgIpc) is 3.33. The number of hydrogen-bond acceptors (Lipinski definition) is 6. The van der Waals surface area contributed by atoms with E-state index in [9.17, 15) is 4.79 Å². The summed E-state index contributed by atoms with van der Waals surface area (Å²) in [6, 6.07) is 17.6. The molecule has 2 aromatic heterocycles. The molecule has 0 aliphatic carbocycles. The predicted octanol–water partition coefficient (Wildman–Crippen LogP) is 3.50. The molecule has 8 nitrogen and oxygen atoms in total. The number of thioether (sulfide) groups is 1. The van der Waals surface area contributed by atoms with Gasteiger partial charge in [0.2, 0.25) is 11.1 Å². The molecule has 9 heteroatoms. The average molecular weight is 420 g/mol. The van der Waals surface area contributed by atoms with Crippen LogP contribution < -0.4 is 5.32 Å². The summed E-state index contributed by atoms with van der Waals surface area (Å²) in [4.78, 5) is 12.6. The third-order valence-electron chi connectivity index (χ3n) is 4.45. The molecule has 30 heavy (non-hydrogen) atoms. The van der Waals surface area contributed by atoms with Gasteiger partial charge in [-0.25, -0.2) is 4.68 Å². The molecule has 0 atom stereocenters. The van der Waals surface area contributed by atoms with Crippen molar-refractivity contribution in [2.24, 2.45) is 0 Å². The third-order valence-corrected chi connectivity index (χ3v) is 5.37. The number of aryl methyl sites for hydroxylation is 3. The molecule has 0 aliphatic heterocycles. The Labute approximate surface area is 178 Å². The minimum absolute atomic E-state index is 0.160. The number of nitrogens with zero attached hydrogens (tertiary/aromatic N) is 6. The van der Waals surface area contributed by atoms with Crippen molar-refractivity contribution in [3.05, 3.63) is 71.4 Å². The molecule has 1 N–H and O–H groups in total. The fourth-order valence-corrected chi connectivity index (χ4v) is 3.81. The van der Waals surface area contributed by atoms with E-state index in [1.807, 2.05) is 69.3 Å². The summed E-state index contributed by atoms with van der Waals surface area (Å²) in [6.07, 6.45) is 0. The van der Waals surface area contributed by atoms with Crippen LogP contribution in [0.4, 0.5) is 5.82 Å². The standard InChI is InChI=1S/C21H21N7OS/c1-14-9-10-18(15(2)11-14)28-21(23-25-26-28)30-13-20(29)22-19-12-16(3)24-27(19)17-7-5-4-6-8-17/h4-12H,13H2,1-3H3,(H,22,29). The fraction of sp³-hybridized carbons (Fsp3) is 0.190. The molecule has 152 valence electrons. The zero-order valence-electron chi connectivity index (χ0n) is 16.9. The highest BCUT2D eigenvalue weighted by atomic mass is 32.2. The van der Waals surface area contributed by atoms with Crippen LogP contribution in [-0.4, -0.2) is 41.6 Å². The van der Waals surface area contributed by atoms with Gasteiger partial charge >= 0.3 is 0 Å². The number of benzene rings is 2. The summed E-state index contributed by atoms with van der Waals surface area (Å²) in [6.45, 7) is 5.94. The van der Waals surface area contributed by atoms with Crippen LogP contribution in [0.3, 0.4) is 0 Å². The molecule has 0 fully saturated rings. The summed E-state index contributed by atoms with van der Waals surface area (Å²) >= 11 is 1.28. The zero-order valence-corrected chi connectivity index (χ0v) is 17.7. The molecular formula is C21H21N7OS. The predicted molar refractivity (Wildman–Crippen MR) is 116 cm³/mol. The SMILES string of the molecule is Cc1ccc(-n2nnnc2SCC(=O)Nc2cc(C)nn2-c2ccccc2)c(C)c1. The van der Waals surface area contributed by atoms with Crippen molar-refractivity contribution < 1.29 is 4.79 Å². The van der Waals surface area contributed by atoms with Gasteiger partial charge in [0.25, 0.3) is 0 Å². The van der Waals surface area contributed by atoms with Gasteiger partial charge in [-0.2, -0.15) is 9.78 Å². The van der Waals surface area contributed by atoms with Gasteiger partial charge in [-0.05, 0) is 55.0 Å². The maximum absolute atomic E-state index is 12.6. The number of tetrazole rings is 1. The van der Waals surface area contributed by atoms with Gasteiger partial charge in [0.05, 0.1) is 22.8 Å². The molecule has 1 amide bonds. The van der Waals surface area contributed by atoms with Crippen LogP contribution in [0.15, 0.2) is 59.8 Å². The largest absolute Gasteiger partial charge is 0.310 e. The molecular weight excluding hydrogens is 398 g/mol. The second-order valence-electron chi connectivity index (χ2n) is 6.92. The van der Waals surface area contributed by atoms with Gasteiger partial charge < -0.3 is 5.32 Å². The van der Waals surface area contributed by atoms with Gasteiger partial charge in [-0.3, -0.25) is 4.79 Å². The van der Waals surface area contributed by atoms with Crippen LogP contribution in [0, 0.1) is 20.8 Å². The Morgan fingerprint density at radius 3 is 2.60 bits per heavy atom. The Hall–Kier alpha value is -3.46. The van der Waals surface area contributed by atoms with E-state index in [0.717, 1.165) is 22.6 Å². The Kier molecular flexibility index (Phi) is 5.62. The van der Waals surface area contributed by atoms with Crippen LogP contribution in [0.1, 0.15) is 16.8 Å². The van der Waals surface area contributed by atoms with Crippen molar-refractivity contribution >= 4 is 23.5 Å². The lowest BCUT2D eigenvalue weighted by atomic mass is 10.1. The monoisotopic (exact) mass is 419 g/mol. The van der Waals surface area contributed by atoms with E-state index in [4.69, 9.17) is 0 Å². The van der Waals surface area contributed by atoms with E-state index in [2.05, 4.69) is 32.0 Å². The van der Waals surface area contributed by atoms with Crippen LogP contribution >= 0.6 is 11.8 Å². The topological polar surface area (TPSA) is 90.5 Å². The van der Waals surface area contributed by atoms with Crippen molar-refractivity contribution in [2.45, 2.75) is 25.9 Å². The quantitative estimate of drug-likeness (QED) is 0.481. The third kappa shape index (κ3) is 4.25. The second-order valence-corrected chi connectivity index (χ2v) is 7.86. The highest BCUT2D eigenvalue weighted by molar-refractivity contribution is 7.99. The number of hydrogen-bond donors (Lipinski definition) is 1. The maximum atomic E-state index is 12.6. The Bertz CT molecular complexity index is 1180. The Morgan fingerprint density at radius 1 is 1.03 bits per heavy atom. The number of para-hydroxylation sites is 1. The molecule has 0 radical (unpaired) electrons. The highest BCUT2D eigenvalue weighted by Gasteiger charge is 2.15. The summed E-state index contributed by atoms with van der Waals surface area (Å²) in [5.41, 5.74) is 4.83. The van der Waals surface area contributed by atoms with Crippen LogP contribution in [-0.2, 0) is 4.79 Å². The molecule has 0 saturated carbocycles. The summed E-state index contributed by atoms with van der Waals surface area (Å²) in [5, 5.41) is 19.9. The molecule has 0 spiro atoms. The van der Waals surface area contributed by atoms with E-state index in [0.29, 0.717) is 11.0 Å². The second kappa shape index (κ2) is 8.50. The smallest absolute Gasteiger partial charge is 0.236 e. The van der Waals surface area contributed by atoms with E-state index in [-0.39, 0.29) is 11.7 Å². The maximum Gasteiger partial charge on any atom is 0.236 e. The molecule has 0 saturated heterocycles. The molecule has 4 rings (SSSR count). The molecule has 2 aromatic carbocycles. The lowest BCUT2D eigenvalue weighted by Crippen LogP contribution is -2.17. The van der Waals surface area contributed by atoms with E-state index in [1.54, 1.807) is 9.36 Å². The number of amides is 1. The summed E-state index contributed by atoms with van der Waals surface area (Å²) in [5.74, 6) is 0.634.